The van der Waals surface area contributed by atoms with Crippen molar-refractivity contribution >= 4 is 17.8 Å². The Hall–Kier alpha value is -2.31. The highest BCUT2D eigenvalue weighted by atomic mass is 16.5. The number of carbonyl (C=O) groups excluding carboxylic acids is 3. The average molecular weight is 294 g/mol. The third-order valence-electron chi connectivity index (χ3n) is 3.48. The van der Waals surface area contributed by atoms with E-state index in [1.54, 1.807) is 11.0 Å². The van der Waals surface area contributed by atoms with E-state index >= 15 is 0 Å². The van der Waals surface area contributed by atoms with Crippen LogP contribution in [-0.2, 0) is 14.3 Å². The van der Waals surface area contributed by atoms with Crippen LogP contribution in [0.2, 0.25) is 0 Å². The van der Waals surface area contributed by atoms with Crippen LogP contribution in [-0.4, -0.2) is 49.4 Å². The number of methoxy groups -OCH3 is 1. The van der Waals surface area contributed by atoms with Gasteiger partial charge in [0.2, 0.25) is 5.91 Å². The Morgan fingerprint density at radius 1 is 1.48 bits per heavy atom. The molecule has 1 saturated heterocycles. The second kappa shape index (κ2) is 6.92. The zero-order valence-corrected chi connectivity index (χ0v) is 11.8. The number of nitrogens with zero attached hydrogens (tertiary/aromatic N) is 1. The van der Waals surface area contributed by atoms with E-state index in [4.69, 9.17) is 4.42 Å². The molecular formula is C14H18N2O5. The van der Waals surface area contributed by atoms with Crippen molar-refractivity contribution < 1.29 is 23.5 Å². The summed E-state index contributed by atoms with van der Waals surface area (Å²) in [4.78, 5) is 36.6. The lowest BCUT2D eigenvalue weighted by atomic mass is 10.1. The molecule has 2 heterocycles. The van der Waals surface area contributed by atoms with Gasteiger partial charge >= 0.3 is 5.97 Å². The second-order valence-corrected chi connectivity index (χ2v) is 4.87. The van der Waals surface area contributed by atoms with Gasteiger partial charge in [-0.15, -0.1) is 0 Å². The number of ether oxygens (including phenoxy) is 1. The molecule has 2 rings (SSSR count). The fourth-order valence-electron chi connectivity index (χ4n) is 2.28. The van der Waals surface area contributed by atoms with Crippen LogP contribution >= 0.6 is 0 Å². The molecule has 0 aliphatic carbocycles. The Morgan fingerprint density at radius 3 is 2.95 bits per heavy atom. The van der Waals surface area contributed by atoms with E-state index in [2.05, 4.69) is 10.1 Å². The van der Waals surface area contributed by atoms with Gasteiger partial charge in [-0.25, -0.2) is 0 Å². The molecule has 7 nitrogen and oxygen atoms in total. The van der Waals surface area contributed by atoms with Crippen LogP contribution in [0.5, 0.6) is 0 Å². The molecule has 1 aliphatic rings. The van der Waals surface area contributed by atoms with Gasteiger partial charge in [0.15, 0.2) is 0 Å². The lowest BCUT2D eigenvalue weighted by Crippen LogP contribution is -2.33. The lowest BCUT2D eigenvalue weighted by Gasteiger charge is -2.16. The number of furan rings is 1. The molecule has 1 atom stereocenters. The van der Waals surface area contributed by atoms with Crippen LogP contribution in [0.25, 0.3) is 0 Å². The Morgan fingerprint density at radius 2 is 2.29 bits per heavy atom. The van der Waals surface area contributed by atoms with E-state index in [-0.39, 0.29) is 36.7 Å². The minimum Gasteiger partial charge on any atom is -0.472 e. The van der Waals surface area contributed by atoms with Gasteiger partial charge in [0, 0.05) is 26.1 Å². The van der Waals surface area contributed by atoms with E-state index in [0.717, 1.165) is 0 Å². The molecule has 2 amide bonds. The summed E-state index contributed by atoms with van der Waals surface area (Å²) in [6.45, 7) is 1.19. The second-order valence-electron chi connectivity index (χ2n) is 4.87. The summed E-state index contributed by atoms with van der Waals surface area (Å²) in [6, 6.07) is 1.55. The first-order chi connectivity index (χ1) is 10.1. The molecule has 21 heavy (non-hydrogen) atoms. The highest BCUT2D eigenvalue weighted by Crippen LogP contribution is 2.18. The number of rotatable bonds is 5. The standard InChI is InChI=1S/C14H18N2O5/c1-20-14(19)10-3-6-16(8-10)12(17)2-5-15-13(18)11-4-7-21-9-11/h4,7,9-10H,2-3,5-6,8H2,1H3,(H,15,18). The van der Waals surface area contributed by atoms with Crippen molar-refractivity contribution in [3.8, 4) is 0 Å². The van der Waals surface area contributed by atoms with Gasteiger partial charge in [0.25, 0.3) is 5.91 Å². The minimum atomic E-state index is -0.279. The van der Waals surface area contributed by atoms with Crippen LogP contribution in [0.1, 0.15) is 23.2 Å². The Bertz CT molecular complexity index is 511. The maximum absolute atomic E-state index is 12.0. The van der Waals surface area contributed by atoms with E-state index in [1.165, 1.54) is 19.6 Å². The van der Waals surface area contributed by atoms with Gasteiger partial charge in [-0.3, -0.25) is 14.4 Å². The van der Waals surface area contributed by atoms with Crippen molar-refractivity contribution in [2.24, 2.45) is 5.92 Å². The molecule has 0 saturated carbocycles. The number of amides is 2. The lowest BCUT2D eigenvalue weighted by molar-refractivity contribution is -0.145. The summed E-state index contributed by atoms with van der Waals surface area (Å²) in [5.74, 6) is -0.864. The monoisotopic (exact) mass is 294 g/mol. The number of hydrogen-bond acceptors (Lipinski definition) is 5. The van der Waals surface area contributed by atoms with Gasteiger partial charge in [0.1, 0.15) is 6.26 Å². The Balaban J connectivity index is 1.71. The van der Waals surface area contributed by atoms with Crippen LogP contribution in [0.15, 0.2) is 23.0 Å². The van der Waals surface area contributed by atoms with Gasteiger partial charge in [-0.05, 0) is 12.5 Å². The van der Waals surface area contributed by atoms with Crippen molar-refractivity contribution in [1.29, 1.82) is 0 Å². The first-order valence-corrected chi connectivity index (χ1v) is 6.78. The van der Waals surface area contributed by atoms with Crippen molar-refractivity contribution in [3.63, 3.8) is 0 Å². The highest BCUT2D eigenvalue weighted by molar-refractivity contribution is 5.94. The average Bonchev–Trinajstić information content (AvgIpc) is 3.17. The van der Waals surface area contributed by atoms with E-state index < -0.39 is 0 Å². The summed E-state index contributed by atoms with van der Waals surface area (Å²) in [7, 11) is 1.35. The summed E-state index contributed by atoms with van der Waals surface area (Å²) in [6.07, 6.45) is 3.59. The summed E-state index contributed by atoms with van der Waals surface area (Å²) in [5, 5.41) is 2.65. The van der Waals surface area contributed by atoms with E-state index in [1.807, 2.05) is 0 Å². The number of likely N-dealkylation sites (tertiary alicyclic amines) is 1. The predicted molar refractivity (Wildman–Crippen MR) is 72.4 cm³/mol. The maximum atomic E-state index is 12.0. The third kappa shape index (κ3) is 3.84. The van der Waals surface area contributed by atoms with E-state index in [9.17, 15) is 14.4 Å². The van der Waals surface area contributed by atoms with Gasteiger partial charge < -0.3 is 19.4 Å². The summed E-state index contributed by atoms with van der Waals surface area (Å²) >= 11 is 0. The predicted octanol–water partition coefficient (Wildman–Crippen LogP) is 0.421. The van der Waals surface area contributed by atoms with E-state index in [0.29, 0.717) is 25.1 Å². The molecule has 0 radical (unpaired) electrons. The minimum absolute atomic E-state index is 0.0751. The Labute approximate surface area is 122 Å². The number of hydrogen-bond donors (Lipinski definition) is 1. The van der Waals surface area contributed by atoms with Crippen molar-refractivity contribution in [1.82, 2.24) is 10.2 Å². The van der Waals surface area contributed by atoms with Gasteiger partial charge in [-0.2, -0.15) is 0 Å². The molecule has 114 valence electrons. The van der Waals surface area contributed by atoms with Crippen LogP contribution in [0.3, 0.4) is 0 Å². The number of nitrogens with one attached hydrogen (secondary N) is 1. The molecule has 1 N–H and O–H groups in total. The normalized spacial score (nSPS) is 17.6. The van der Waals surface area contributed by atoms with Crippen molar-refractivity contribution in [2.75, 3.05) is 26.7 Å². The van der Waals surface area contributed by atoms with Gasteiger partial charge in [0.05, 0.1) is 24.9 Å². The zero-order chi connectivity index (χ0) is 15.2. The largest absolute Gasteiger partial charge is 0.472 e. The molecule has 1 aromatic rings. The van der Waals surface area contributed by atoms with Crippen LogP contribution < -0.4 is 5.32 Å². The van der Waals surface area contributed by atoms with Gasteiger partial charge in [-0.1, -0.05) is 0 Å². The SMILES string of the molecule is COC(=O)C1CCN(C(=O)CCNC(=O)c2ccoc2)C1. The molecule has 1 fully saturated rings. The molecule has 1 aliphatic heterocycles. The quantitative estimate of drug-likeness (QED) is 0.795. The highest BCUT2D eigenvalue weighted by Gasteiger charge is 2.31. The fourth-order valence-corrected chi connectivity index (χ4v) is 2.28. The molecule has 1 aromatic heterocycles. The smallest absolute Gasteiger partial charge is 0.310 e. The third-order valence-corrected chi connectivity index (χ3v) is 3.48. The molecule has 0 spiro atoms. The topological polar surface area (TPSA) is 88.9 Å². The number of esters is 1. The van der Waals surface area contributed by atoms with Crippen molar-refractivity contribution in [3.05, 3.63) is 24.2 Å². The Kier molecular flexibility index (Phi) is 4.97. The summed E-state index contributed by atoms with van der Waals surface area (Å²) < 4.78 is 9.48. The molecule has 7 heteroatoms. The first-order valence-electron chi connectivity index (χ1n) is 6.78. The molecule has 0 aromatic carbocycles. The summed E-state index contributed by atoms with van der Waals surface area (Å²) in [5.41, 5.74) is 0.425. The molecule has 1 unspecified atom stereocenters. The van der Waals surface area contributed by atoms with Crippen molar-refractivity contribution in [2.45, 2.75) is 12.8 Å². The number of carbonyl (C=O) groups is 3. The molecule has 0 bridgehead atoms. The zero-order valence-electron chi connectivity index (χ0n) is 11.8. The molecular weight excluding hydrogens is 276 g/mol. The van der Waals surface area contributed by atoms with Crippen LogP contribution in [0, 0.1) is 5.92 Å². The first kappa shape index (κ1) is 15.1. The maximum Gasteiger partial charge on any atom is 0.310 e. The van der Waals surface area contributed by atoms with Crippen LogP contribution in [0.4, 0.5) is 0 Å². The fraction of sp³-hybridized carbons (Fsp3) is 0.500.